The summed E-state index contributed by atoms with van der Waals surface area (Å²) >= 11 is 0. The lowest BCUT2D eigenvalue weighted by molar-refractivity contribution is 0.126. The van der Waals surface area contributed by atoms with Gasteiger partial charge in [-0.1, -0.05) is 23.8 Å². The van der Waals surface area contributed by atoms with Crippen LogP contribution in [0.15, 0.2) is 48.5 Å². The van der Waals surface area contributed by atoms with Gasteiger partial charge in [-0.3, -0.25) is 0 Å². The van der Waals surface area contributed by atoms with Crippen molar-refractivity contribution in [2.24, 2.45) is 0 Å². The largest absolute Gasteiger partial charge is 0.481 e. The van der Waals surface area contributed by atoms with Crippen LogP contribution in [-0.2, 0) is 6.54 Å². The number of hydrogen-bond acceptors (Lipinski definition) is 5. The molecule has 5 nitrogen and oxygen atoms in total. The minimum Gasteiger partial charge on any atom is -0.481 e. The minimum atomic E-state index is -0.435. The molecule has 1 fully saturated rings. The smallest absolute Gasteiger partial charge is 0.218 e. The van der Waals surface area contributed by atoms with Gasteiger partial charge in [-0.05, 0) is 68.8 Å². The lowest BCUT2D eigenvalue weighted by Gasteiger charge is -2.19. The van der Waals surface area contributed by atoms with E-state index in [4.69, 9.17) is 4.74 Å². The summed E-state index contributed by atoms with van der Waals surface area (Å²) in [5.74, 6) is 0.645. The molecule has 2 heterocycles. The predicted octanol–water partition coefficient (Wildman–Crippen LogP) is 4.29. The van der Waals surface area contributed by atoms with Crippen LogP contribution in [0.4, 0.5) is 5.69 Å². The van der Waals surface area contributed by atoms with Gasteiger partial charge in [0.15, 0.2) is 0 Å². The number of rotatable bonds is 7. The van der Waals surface area contributed by atoms with E-state index in [9.17, 15) is 5.11 Å². The second-order valence-electron chi connectivity index (χ2n) is 7.85. The molecular formula is C24H29N3O2. The van der Waals surface area contributed by atoms with Crippen LogP contribution in [0.1, 0.15) is 35.6 Å². The number of methoxy groups -OCH3 is 1. The van der Waals surface area contributed by atoms with Gasteiger partial charge in [0.25, 0.3) is 0 Å². The zero-order valence-corrected chi connectivity index (χ0v) is 17.2. The first kappa shape index (κ1) is 19.7. The third-order valence-electron chi connectivity index (χ3n) is 5.61. The Morgan fingerprint density at radius 1 is 1.10 bits per heavy atom. The van der Waals surface area contributed by atoms with Crippen LogP contribution in [0, 0.1) is 6.92 Å². The van der Waals surface area contributed by atoms with Gasteiger partial charge >= 0.3 is 0 Å². The van der Waals surface area contributed by atoms with E-state index in [1.807, 2.05) is 30.3 Å². The number of nitrogens with zero attached hydrogens (tertiary/aromatic N) is 2. The topological polar surface area (TPSA) is 57.6 Å². The van der Waals surface area contributed by atoms with Crippen molar-refractivity contribution >= 4 is 16.6 Å². The van der Waals surface area contributed by atoms with Gasteiger partial charge in [0.1, 0.15) is 0 Å². The number of benzene rings is 2. The highest BCUT2D eigenvalue weighted by Crippen LogP contribution is 2.25. The molecule has 2 aromatic carbocycles. The van der Waals surface area contributed by atoms with E-state index in [1.54, 1.807) is 7.11 Å². The Balaban J connectivity index is 1.43. The van der Waals surface area contributed by atoms with Gasteiger partial charge in [-0.15, -0.1) is 0 Å². The maximum atomic E-state index is 10.5. The van der Waals surface area contributed by atoms with E-state index >= 15 is 0 Å². The first-order valence-corrected chi connectivity index (χ1v) is 10.3. The Morgan fingerprint density at radius 3 is 2.59 bits per heavy atom. The van der Waals surface area contributed by atoms with Crippen molar-refractivity contribution in [3.8, 4) is 5.88 Å². The number of β-amino-alcohol motifs (C(OH)–C–C–N with tert-alkyl or cyclic N) is 1. The number of aromatic nitrogens is 1. The van der Waals surface area contributed by atoms with E-state index in [2.05, 4.69) is 40.3 Å². The molecule has 0 saturated carbocycles. The van der Waals surface area contributed by atoms with Gasteiger partial charge in [-0.2, -0.15) is 0 Å². The molecule has 29 heavy (non-hydrogen) atoms. The van der Waals surface area contributed by atoms with Crippen LogP contribution in [0.3, 0.4) is 0 Å². The number of aliphatic hydroxyl groups excluding tert-OH is 1. The number of aliphatic hydroxyl groups is 1. The molecule has 3 aromatic rings. The predicted molar refractivity (Wildman–Crippen MR) is 117 cm³/mol. The van der Waals surface area contributed by atoms with Crippen molar-refractivity contribution < 1.29 is 9.84 Å². The van der Waals surface area contributed by atoms with Crippen molar-refractivity contribution in [2.45, 2.75) is 32.4 Å². The van der Waals surface area contributed by atoms with Crippen molar-refractivity contribution in [1.82, 2.24) is 9.88 Å². The third-order valence-corrected chi connectivity index (χ3v) is 5.61. The molecule has 0 aliphatic carbocycles. The number of pyridine rings is 1. The van der Waals surface area contributed by atoms with Crippen molar-refractivity contribution in [3.05, 3.63) is 65.2 Å². The van der Waals surface area contributed by atoms with Crippen LogP contribution < -0.4 is 10.1 Å². The van der Waals surface area contributed by atoms with E-state index in [0.717, 1.165) is 40.8 Å². The molecule has 1 aromatic heterocycles. The van der Waals surface area contributed by atoms with E-state index in [0.29, 0.717) is 19.0 Å². The minimum absolute atomic E-state index is 0.435. The zero-order chi connectivity index (χ0) is 20.2. The monoisotopic (exact) mass is 391 g/mol. The Labute approximate surface area is 172 Å². The van der Waals surface area contributed by atoms with Crippen LogP contribution in [-0.4, -0.2) is 41.7 Å². The molecule has 1 unspecified atom stereocenters. The van der Waals surface area contributed by atoms with E-state index in [1.165, 1.54) is 18.4 Å². The third kappa shape index (κ3) is 4.69. The summed E-state index contributed by atoms with van der Waals surface area (Å²) in [6.07, 6.45) is 2.04. The maximum Gasteiger partial charge on any atom is 0.218 e. The summed E-state index contributed by atoms with van der Waals surface area (Å²) in [4.78, 5) is 6.96. The normalized spacial score (nSPS) is 15.6. The van der Waals surface area contributed by atoms with Gasteiger partial charge in [0, 0.05) is 29.7 Å². The lowest BCUT2D eigenvalue weighted by Crippen LogP contribution is -2.25. The molecule has 1 aliphatic rings. The Hall–Kier alpha value is -2.63. The highest BCUT2D eigenvalue weighted by Gasteiger charge is 2.17. The average molecular weight is 392 g/mol. The summed E-state index contributed by atoms with van der Waals surface area (Å²) in [6, 6.07) is 16.4. The van der Waals surface area contributed by atoms with Crippen LogP contribution in [0.5, 0.6) is 5.88 Å². The molecule has 0 amide bonds. The molecule has 1 aliphatic heterocycles. The van der Waals surface area contributed by atoms with Crippen LogP contribution in [0.25, 0.3) is 10.9 Å². The number of ether oxygens (including phenoxy) is 1. The molecule has 0 bridgehead atoms. The van der Waals surface area contributed by atoms with Gasteiger partial charge in [-0.25, -0.2) is 4.98 Å². The summed E-state index contributed by atoms with van der Waals surface area (Å²) in [5, 5.41) is 15.0. The number of fused-ring (bicyclic) bond motifs is 1. The summed E-state index contributed by atoms with van der Waals surface area (Å²) in [7, 11) is 1.66. The Bertz CT molecular complexity index is 966. The second kappa shape index (κ2) is 8.80. The fraction of sp³-hybridized carbons (Fsp3) is 0.375. The van der Waals surface area contributed by atoms with Crippen LogP contribution in [0.2, 0.25) is 0 Å². The molecular weight excluding hydrogens is 362 g/mol. The molecule has 4 rings (SSSR count). The lowest BCUT2D eigenvalue weighted by atomic mass is 10.1. The fourth-order valence-corrected chi connectivity index (χ4v) is 3.96. The molecule has 2 N–H and O–H groups in total. The van der Waals surface area contributed by atoms with E-state index in [-0.39, 0.29) is 0 Å². The molecule has 0 radical (unpaired) electrons. The molecule has 152 valence electrons. The van der Waals surface area contributed by atoms with Gasteiger partial charge < -0.3 is 20.1 Å². The maximum absolute atomic E-state index is 10.5. The summed E-state index contributed by atoms with van der Waals surface area (Å²) in [6.45, 7) is 5.61. The number of anilines is 1. The van der Waals surface area contributed by atoms with Gasteiger partial charge in [0.2, 0.25) is 5.88 Å². The standard InChI is InChI=1S/C24H29N3O2/c1-17-5-10-22-19(13-17)14-20(24(26-22)29-2)15-25-21-8-6-18(7-9-21)23(28)16-27-11-3-4-12-27/h5-10,13-14,23,25,28H,3-4,11-12,15-16H2,1-2H3. The van der Waals surface area contributed by atoms with Crippen molar-refractivity contribution in [3.63, 3.8) is 0 Å². The quantitative estimate of drug-likeness (QED) is 0.629. The average Bonchev–Trinajstić information content (AvgIpc) is 3.24. The summed E-state index contributed by atoms with van der Waals surface area (Å²) in [5.41, 5.74) is 5.14. The first-order valence-electron chi connectivity index (χ1n) is 10.3. The first-order chi connectivity index (χ1) is 14.1. The highest BCUT2D eigenvalue weighted by molar-refractivity contribution is 5.81. The fourth-order valence-electron chi connectivity index (χ4n) is 3.96. The Morgan fingerprint density at radius 2 is 1.86 bits per heavy atom. The van der Waals surface area contributed by atoms with E-state index < -0.39 is 6.10 Å². The molecule has 0 spiro atoms. The number of aryl methyl sites for hydroxylation is 1. The SMILES string of the molecule is COc1nc2ccc(C)cc2cc1CNc1ccc(C(O)CN2CCCC2)cc1. The number of likely N-dealkylation sites (tertiary alicyclic amines) is 1. The van der Waals surface area contributed by atoms with Crippen LogP contribution >= 0.6 is 0 Å². The molecule has 5 heteroatoms. The zero-order valence-electron chi connectivity index (χ0n) is 17.2. The summed E-state index contributed by atoms with van der Waals surface area (Å²) < 4.78 is 5.50. The Kier molecular flexibility index (Phi) is 5.97. The number of nitrogens with one attached hydrogen (secondary N) is 1. The highest BCUT2D eigenvalue weighted by atomic mass is 16.5. The van der Waals surface area contributed by atoms with Crippen molar-refractivity contribution in [2.75, 3.05) is 32.1 Å². The second-order valence-corrected chi connectivity index (χ2v) is 7.85. The van der Waals surface area contributed by atoms with Crippen molar-refractivity contribution in [1.29, 1.82) is 0 Å². The van der Waals surface area contributed by atoms with Gasteiger partial charge in [0.05, 0.1) is 18.7 Å². The molecule has 1 saturated heterocycles. The number of hydrogen-bond donors (Lipinski definition) is 2. The molecule has 1 atom stereocenters.